The molecule has 138 valence electrons. The van der Waals surface area contributed by atoms with Crippen molar-refractivity contribution in [2.45, 2.75) is 25.6 Å². The van der Waals surface area contributed by atoms with Crippen molar-refractivity contribution in [2.24, 2.45) is 0 Å². The third kappa shape index (κ3) is 2.92. The van der Waals surface area contributed by atoms with Crippen molar-refractivity contribution in [3.8, 4) is 0 Å². The molecule has 1 aromatic heterocycles. The second-order valence-corrected chi connectivity index (χ2v) is 6.69. The van der Waals surface area contributed by atoms with Crippen LogP contribution in [0.3, 0.4) is 0 Å². The maximum absolute atomic E-state index is 13.0. The third-order valence-electron chi connectivity index (χ3n) is 5.07. The first kappa shape index (κ1) is 17.4. The van der Waals surface area contributed by atoms with Gasteiger partial charge in [-0.15, -0.1) is 0 Å². The van der Waals surface area contributed by atoms with Crippen molar-refractivity contribution in [1.29, 1.82) is 0 Å². The zero-order chi connectivity index (χ0) is 19.0. The molecule has 0 aliphatic carbocycles. The Balaban J connectivity index is 1.77. The Kier molecular flexibility index (Phi) is 4.49. The van der Waals surface area contributed by atoms with Crippen LogP contribution in [-0.2, 0) is 16.0 Å². The standard InChI is InChI=1S/C21H21N3O3/c1-14-19(25)23(13-12-15-8-4-3-5-9-15)21(27-2)18-22-17-11-7-6-10-16(17)20(26)24(14)18/h3-11,14,21H,12-13H2,1-2H3/t14-,21+/m1/s1. The number of hydrogen-bond donors (Lipinski definition) is 0. The van der Waals surface area contributed by atoms with Crippen LogP contribution in [0.4, 0.5) is 0 Å². The van der Waals surface area contributed by atoms with Crippen molar-refractivity contribution >= 4 is 16.8 Å². The summed E-state index contributed by atoms with van der Waals surface area (Å²) in [6.07, 6.45) is 0.0199. The molecule has 2 heterocycles. The van der Waals surface area contributed by atoms with Gasteiger partial charge in [0.05, 0.1) is 10.9 Å². The predicted molar refractivity (Wildman–Crippen MR) is 102 cm³/mol. The molecule has 3 aromatic rings. The molecule has 0 unspecified atom stereocenters. The molecule has 0 bridgehead atoms. The molecule has 1 aliphatic rings. The molecule has 0 fully saturated rings. The number of fused-ring (bicyclic) bond motifs is 2. The number of amides is 1. The zero-order valence-electron chi connectivity index (χ0n) is 15.3. The summed E-state index contributed by atoms with van der Waals surface area (Å²) in [6.45, 7) is 2.24. The number of nitrogens with zero attached hydrogens (tertiary/aromatic N) is 3. The van der Waals surface area contributed by atoms with E-state index in [0.717, 1.165) is 5.56 Å². The van der Waals surface area contributed by atoms with Gasteiger partial charge in [-0.2, -0.15) is 0 Å². The minimum absolute atomic E-state index is 0.135. The van der Waals surface area contributed by atoms with Gasteiger partial charge in [-0.3, -0.25) is 14.2 Å². The number of carbonyl (C=O) groups is 1. The van der Waals surface area contributed by atoms with E-state index in [4.69, 9.17) is 4.74 Å². The second kappa shape index (κ2) is 6.96. The second-order valence-electron chi connectivity index (χ2n) is 6.69. The molecule has 6 nitrogen and oxygen atoms in total. The number of para-hydroxylation sites is 1. The van der Waals surface area contributed by atoms with Gasteiger partial charge in [-0.05, 0) is 31.0 Å². The molecular weight excluding hydrogens is 342 g/mol. The number of carbonyl (C=O) groups excluding carboxylic acids is 1. The number of aromatic nitrogens is 2. The van der Waals surface area contributed by atoms with Gasteiger partial charge in [0.1, 0.15) is 6.04 Å². The Morgan fingerprint density at radius 2 is 1.74 bits per heavy atom. The maximum Gasteiger partial charge on any atom is 0.262 e. The first-order chi connectivity index (χ1) is 13.1. The van der Waals surface area contributed by atoms with E-state index < -0.39 is 12.3 Å². The van der Waals surface area contributed by atoms with Crippen LogP contribution in [-0.4, -0.2) is 34.0 Å². The fourth-order valence-electron chi connectivity index (χ4n) is 3.67. The van der Waals surface area contributed by atoms with Crippen LogP contribution < -0.4 is 5.56 Å². The summed E-state index contributed by atoms with van der Waals surface area (Å²) in [7, 11) is 1.54. The number of ether oxygens (including phenoxy) is 1. The van der Waals surface area contributed by atoms with E-state index in [1.165, 1.54) is 11.7 Å². The van der Waals surface area contributed by atoms with Gasteiger partial charge in [0.25, 0.3) is 5.56 Å². The van der Waals surface area contributed by atoms with E-state index in [9.17, 15) is 9.59 Å². The molecule has 1 amide bonds. The van der Waals surface area contributed by atoms with Crippen LogP contribution in [0.15, 0.2) is 59.4 Å². The van der Waals surface area contributed by atoms with Crippen LogP contribution >= 0.6 is 0 Å². The van der Waals surface area contributed by atoms with E-state index in [1.54, 1.807) is 30.0 Å². The van der Waals surface area contributed by atoms with Crippen LogP contribution in [0.5, 0.6) is 0 Å². The molecule has 6 heteroatoms. The lowest BCUT2D eigenvalue weighted by Crippen LogP contribution is -2.50. The van der Waals surface area contributed by atoms with Gasteiger partial charge in [0.15, 0.2) is 12.1 Å². The van der Waals surface area contributed by atoms with E-state index in [2.05, 4.69) is 4.98 Å². The van der Waals surface area contributed by atoms with Gasteiger partial charge < -0.3 is 9.64 Å². The molecule has 4 rings (SSSR count). The van der Waals surface area contributed by atoms with E-state index in [0.29, 0.717) is 29.7 Å². The molecule has 0 spiro atoms. The first-order valence-corrected chi connectivity index (χ1v) is 9.00. The van der Waals surface area contributed by atoms with Crippen molar-refractivity contribution in [1.82, 2.24) is 14.5 Å². The summed E-state index contributed by atoms with van der Waals surface area (Å²) in [5.74, 6) is 0.339. The fourth-order valence-corrected chi connectivity index (χ4v) is 3.67. The van der Waals surface area contributed by atoms with Crippen LogP contribution in [0.25, 0.3) is 10.9 Å². The Bertz CT molecular complexity index is 1050. The molecule has 0 saturated carbocycles. The lowest BCUT2D eigenvalue weighted by Gasteiger charge is -2.38. The van der Waals surface area contributed by atoms with Gasteiger partial charge in [0.2, 0.25) is 5.91 Å². The predicted octanol–water partition coefficient (Wildman–Crippen LogP) is 2.69. The van der Waals surface area contributed by atoms with Crippen molar-refractivity contribution in [3.63, 3.8) is 0 Å². The summed E-state index contributed by atoms with van der Waals surface area (Å²) in [6, 6.07) is 16.6. The van der Waals surface area contributed by atoms with Gasteiger partial charge in [0, 0.05) is 13.7 Å². The minimum Gasteiger partial charge on any atom is -0.354 e. The van der Waals surface area contributed by atoms with Gasteiger partial charge in [-0.1, -0.05) is 42.5 Å². The first-order valence-electron chi connectivity index (χ1n) is 9.00. The fraction of sp³-hybridized carbons (Fsp3) is 0.286. The highest BCUT2D eigenvalue weighted by molar-refractivity contribution is 5.83. The average molecular weight is 363 g/mol. The summed E-state index contributed by atoms with van der Waals surface area (Å²) < 4.78 is 7.09. The Labute approximate surface area is 157 Å². The largest absolute Gasteiger partial charge is 0.354 e. The smallest absolute Gasteiger partial charge is 0.262 e. The van der Waals surface area contributed by atoms with E-state index in [-0.39, 0.29) is 11.5 Å². The number of methoxy groups -OCH3 is 1. The SMILES string of the molecule is CO[C@H]1c2nc3ccccc3c(=O)n2[C@H](C)C(=O)N1CCc1ccccc1. The Morgan fingerprint density at radius 3 is 2.48 bits per heavy atom. The van der Waals surface area contributed by atoms with Gasteiger partial charge in [-0.25, -0.2) is 4.98 Å². The van der Waals surface area contributed by atoms with Crippen molar-refractivity contribution < 1.29 is 9.53 Å². The topological polar surface area (TPSA) is 64.4 Å². The molecular formula is C21H21N3O3. The van der Waals surface area contributed by atoms with E-state index in [1.807, 2.05) is 36.4 Å². The zero-order valence-corrected chi connectivity index (χ0v) is 15.3. The molecule has 1 aliphatic heterocycles. The molecule has 0 saturated heterocycles. The summed E-state index contributed by atoms with van der Waals surface area (Å²) in [5, 5.41) is 0.508. The van der Waals surface area contributed by atoms with Crippen LogP contribution in [0, 0.1) is 0 Å². The number of hydrogen-bond acceptors (Lipinski definition) is 4. The highest BCUT2D eigenvalue weighted by atomic mass is 16.5. The summed E-state index contributed by atoms with van der Waals surface area (Å²) >= 11 is 0. The lowest BCUT2D eigenvalue weighted by molar-refractivity contribution is -0.154. The average Bonchev–Trinajstić information content (AvgIpc) is 2.70. The highest BCUT2D eigenvalue weighted by Gasteiger charge is 2.39. The lowest BCUT2D eigenvalue weighted by atomic mass is 10.1. The van der Waals surface area contributed by atoms with Crippen LogP contribution in [0.2, 0.25) is 0 Å². The minimum atomic E-state index is -0.685. The highest BCUT2D eigenvalue weighted by Crippen LogP contribution is 2.30. The molecule has 2 atom stereocenters. The monoisotopic (exact) mass is 363 g/mol. The summed E-state index contributed by atoms with van der Waals surface area (Å²) in [4.78, 5) is 32.3. The Hall–Kier alpha value is -2.99. The quantitative estimate of drug-likeness (QED) is 0.715. The van der Waals surface area contributed by atoms with E-state index >= 15 is 0 Å². The maximum atomic E-state index is 13.0. The van der Waals surface area contributed by atoms with Crippen LogP contribution in [0.1, 0.15) is 30.6 Å². The number of benzene rings is 2. The molecule has 27 heavy (non-hydrogen) atoms. The van der Waals surface area contributed by atoms with Crippen molar-refractivity contribution in [3.05, 3.63) is 76.3 Å². The Morgan fingerprint density at radius 1 is 1.04 bits per heavy atom. The third-order valence-corrected chi connectivity index (χ3v) is 5.07. The normalized spacial score (nSPS) is 19.3. The molecule has 0 radical (unpaired) electrons. The number of rotatable bonds is 4. The molecule has 2 aromatic carbocycles. The van der Waals surface area contributed by atoms with Crippen molar-refractivity contribution in [2.75, 3.05) is 13.7 Å². The molecule has 0 N–H and O–H groups in total. The van der Waals surface area contributed by atoms with Gasteiger partial charge >= 0.3 is 0 Å². The summed E-state index contributed by atoms with van der Waals surface area (Å²) in [5.41, 5.74) is 1.55.